The van der Waals surface area contributed by atoms with E-state index in [-0.39, 0.29) is 0 Å². The first-order valence-corrected chi connectivity index (χ1v) is 4.93. The molecule has 68 valence electrons. The fraction of sp³-hybridized carbons (Fsp3) is 0.222. The summed E-state index contributed by atoms with van der Waals surface area (Å²) in [6, 6.07) is 5.96. The van der Waals surface area contributed by atoms with E-state index < -0.39 is 0 Å². The summed E-state index contributed by atoms with van der Waals surface area (Å²) in [4.78, 5) is 4.24. The highest BCUT2D eigenvalue weighted by Crippen LogP contribution is 2.21. The molecule has 1 aromatic heterocycles. The molecule has 4 heteroatoms. The Morgan fingerprint density at radius 2 is 2.31 bits per heavy atom. The highest BCUT2D eigenvalue weighted by molar-refractivity contribution is 9.10. The zero-order valence-corrected chi connectivity index (χ0v) is 8.87. The minimum absolute atomic E-state index is 0.579. The number of aromatic nitrogens is 2. The van der Waals surface area contributed by atoms with Gasteiger partial charge < -0.3 is 10.3 Å². The van der Waals surface area contributed by atoms with E-state index in [1.807, 2.05) is 22.8 Å². The van der Waals surface area contributed by atoms with Crippen LogP contribution >= 0.6 is 15.9 Å². The number of benzene rings is 1. The summed E-state index contributed by atoms with van der Waals surface area (Å²) < 4.78 is 3.04. The first-order valence-electron chi connectivity index (χ1n) is 4.13. The lowest BCUT2D eigenvalue weighted by molar-refractivity contribution is 0.800. The van der Waals surface area contributed by atoms with Gasteiger partial charge >= 0.3 is 0 Å². The average molecular weight is 240 g/mol. The summed E-state index contributed by atoms with van der Waals surface area (Å²) in [5, 5.41) is 0. The molecule has 1 aromatic carbocycles. The van der Waals surface area contributed by atoms with E-state index in [1.54, 1.807) is 0 Å². The predicted molar refractivity (Wildman–Crippen MR) is 57.5 cm³/mol. The van der Waals surface area contributed by atoms with Gasteiger partial charge in [-0.25, -0.2) is 4.98 Å². The van der Waals surface area contributed by atoms with E-state index in [0.29, 0.717) is 5.95 Å². The number of nitrogen functional groups attached to an aromatic ring is 1. The van der Waals surface area contributed by atoms with Gasteiger partial charge in [0.2, 0.25) is 5.95 Å². The lowest BCUT2D eigenvalue weighted by atomic mass is 10.3. The Hall–Kier alpha value is -1.03. The Kier molecular flexibility index (Phi) is 2.00. The Labute approximate surface area is 84.7 Å². The molecule has 0 aliphatic heterocycles. The van der Waals surface area contributed by atoms with E-state index in [4.69, 9.17) is 5.73 Å². The summed E-state index contributed by atoms with van der Waals surface area (Å²) in [7, 11) is 0. The standard InChI is InChI=1S/C9H10BrN3/c1-2-13-8-5-6(10)3-4-7(8)12-9(13)11/h3-5H,2H2,1H3,(H2,11,12). The van der Waals surface area contributed by atoms with Crippen LogP contribution in [0.25, 0.3) is 11.0 Å². The van der Waals surface area contributed by atoms with Gasteiger partial charge in [-0.05, 0) is 25.1 Å². The van der Waals surface area contributed by atoms with Crippen LogP contribution in [0.15, 0.2) is 22.7 Å². The molecular formula is C9H10BrN3. The Morgan fingerprint density at radius 1 is 1.54 bits per heavy atom. The average Bonchev–Trinajstić information content (AvgIpc) is 2.40. The number of imidazole rings is 1. The molecule has 0 unspecified atom stereocenters. The maximum Gasteiger partial charge on any atom is 0.201 e. The van der Waals surface area contributed by atoms with Gasteiger partial charge in [-0.1, -0.05) is 15.9 Å². The maximum absolute atomic E-state index is 5.75. The minimum Gasteiger partial charge on any atom is -0.369 e. The molecule has 1 heterocycles. The number of halogens is 1. The number of anilines is 1. The molecule has 0 radical (unpaired) electrons. The molecule has 2 aromatic rings. The van der Waals surface area contributed by atoms with Crippen molar-refractivity contribution in [2.75, 3.05) is 5.73 Å². The molecule has 0 aliphatic rings. The van der Waals surface area contributed by atoms with Crippen LogP contribution in [0.3, 0.4) is 0 Å². The summed E-state index contributed by atoms with van der Waals surface area (Å²) in [5.74, 6) is 0.579. The Morgan fingerprint density at radius 3 is 3.00 bits per heavy atom. The predicted octanol–water partition coefficient (Wildman–Crippen LogP) is 2.40. The number of nitrogens with two attached hydrogens (primary N) is 1. The number of hydrogen-bond donors (Lipinski definition) is 1. The van der Waals surface area contributed by atoms with Crippen molar-refractivity contribution in [3.8, 4) is 0 Å². The van der Waals surface area contributed by atoms with Crippen molar-refractivity contribution in [3.63, 3.8) is 0 Å². The van der Waals surface area contributed by atoms with E-state index in [2.05, 4.69) is 27.8 Å². The van der Waals surface area contributed by atoms with Gasteiger partial charge in [0.1, 0.15) is 0 Å². The smallest absolute Gasteiger partial charge is 0.201 e. The molecule has 2 N–H and O–H groups in total. The van der Waals surface area contributed by atoms with Crippen molar-refractivity contribution in [3.05, 3.63) is 22.7 Å². The summed E-state index contributed by atoms with van der Waals surface area (Å²) >= 11 is 3.42. The van der Waals surface area contributed by atoms with Crippen LogP contribution in [0.2, 0.25) is 0 Å². The third-order valence-corrected chi connectivity index (χ3v) is 2.55. The van der Waals surface area contributed by atoms with Gasteiger partial charge in [-0.3, -0.25) is 0 Å². The van der Waals surface area contributed by atoms with Crippen LogP contribution in [0.1, 0.15) is 6.92 Å². The van der Waals surface area contributed by atoms with Gasteiger partial charge in [-0.2, -0.15) is 0 Å². The second kappa shape index (κ2) is 3.03. The molecule has 0 bridgehead atoms. The lowest BCUT2D eigenvalue weighted by Crippen LogP contribution is -2.00. The van der Waals surface area contributed by atoms with E-state index in [1.165, 1.54) is 0 Å². The fourth-order valence-corrected chi connectivity index (χ4v) is 1.80. The van der Waals surface area contributed by atoms with Gasteiger partial charge in [0.05, 0.1) is 11.0 Å². The first-order chi connectivity index (χ1) is 6.22. The van der Waals surface area contributed by atoms with Crippen molar-refractivity contribution in [1.82, 2.24) is 9.55 Å². The molecule has 0 spiro atoms. The lowest BCUT2D eigenvalue weighted by Gasteiger charge is -2.00. The van der Waals surface area contributed by atoms with Crippen molar-refractivity contribution in [1.29, 1.82) is 0 Å². The molecule has 0 amide bonds. The van der Waals surface area contributed by atoms with Crippen molar-refractivity contribution in [2.24, 2.45) is 0 Å². The number of rotatable bonds is 1. The molecule has 0 saturated carbocycles. The Bertz CT molecular complexity index is 447. The van der Waals surface area contributed by atoms with Crippen LogP contribution in [-0.2, 0) is 6.54 Å². The summed E-state index contributed by atoms with van der Waals surface area (Å²) in [6.07, 6.45) is 0. The molecule has 0 atom stereocenters. The topological polar surface area (TPSA) is 43.8 Å². The largest absolute Gasteiger partial charge is 0.369 e. The second-order valence-electron chi connectivity index (χ2n) is 2.85. The molecule has 0 saturated heterocycles. The quantitative estimate of drug-likeness (QED) is 0.831. The van der Waals surface area contributed by atoms with Crippen molar-refractivity contribution >= 4 is 32.9 Å². The van der Waals surface area contributed by atoms with Crippen molar-refractivity contribution < 1.29 is 0 Å². The minimum atomic E-state index is 0.579. The zero-order valence-electron chi connectivity index (χ0n) is 7.29. The third-order valence-electron chi connectivity index (χ3n) is 2.06. The van der Waals surface area contributed by atoms with Gasteiger partial charge in [0.15, 0.2) is 0 Å². The normalized spacial score (nSPS) is 10.9. The zero-order chi connectivity index (χ0) is 9.42. The number of aryl methyl sites for hydroxylation is 1. The number of nitrogens with zero attached hydrogens (tertiary/aromatic N) is 2. The fourth-order valence-electron chi connectivity index (χ4n) is 1.45. The highest BCUT2D eigenvalue weighted by atomic mass is 79.9. The van der Waals surface area contributed by atoms with E-state index in [9.17, 15) is 0 Å². The SMILES string of the molecule is CCn1c(N)nc2ccc(Br)cc21. The van der Waals surface area contributed by atoms with Crippen LogP contribution in [0.5, 0.6) is 0 Å². The highest BCUT2D eigenvalue weighted by Gasteiger charge is 2.05. The van der Waals surface area contributed by atoms with Crippen LogP contribution in [0, 0.1) is 0 Å². The molecule has 0 fully saturated rings. The van der Waals surface area contributed by atoms with Crippen LogP contribution < -0.4 is 5.73 Å². The van der Waals surface area contributed by atoms with Crippen molar-refractivity contribution in [2.45, 2.75) is 13.5 Å². The van der Waals surface area contributed by atoms with E-state index >= 15 is 0 Å². The van der Waals surface area contributed by atoms with Gasteiger partial charge in [0.25, 0.3) is 0 Å². The third kappa shape index (κ3) is 1.31. The summed E-state index contributed by atoms with van der Waals surface area (Å²) in [5.41, 5.74) is 7.78. The molecular weight excluding hydrogens is 230 g/mol. The maximum atomic E-state index is 5.75. The number of hydrogen-bond acceptors (Lipinski definition) is 2. The molecule has 2 rings (SSSR count). The number of fused-ring (bicyclic) bond motifs is 1. The van der Waals surface area contributed by atoms with Crippen LogP contribution in [-0.4, -0.2) is 9.55 Å². The Balaban J connectivity index is 2.80. The molecule has 0 aliphatic carbocycles. The monoisotopic (exact) mass is 239 g/mol. The van der Waals surface area contributed by atoms with E-state index in [0.717, 1.165) is 22.1 Å². The molecule has 3 nitrogen and oxygen atoms in total. The molecule has 13 heavy (non-hydrogen) atoms. The van der Waals surface area contributed by atoms with Gasteiger partial charge in [0, 0.05) is 11.0 Å². The second-order valence-corrected chi connectivity index (χ2v) is 3.76. The first kappa shape index (κ1) is 8.56. The summed E-state index contributed by atoms with van der Waals surface area (Å²) in [6.45, 7) is 2.90. The van der Waals surface area contributed by atoms with Gasteiger partial charge in [-0.15, -0.1) is 0 Å². The van der Waals surface area contributed by atoms with Crippen LogP contribution in [0.4, 0.5) is 5.95 Å².